The zero-order valence-electron chi connectivity index (χ0n) is 8.73. The molecular weight excluding hydrogens is 200 g/mol. The van der Waals surface area contributed by atoms with E-state index in [9.17, 15) is 9.59 Å². The Kier molecular flexibility index (Phi) is 4.36. The number of hydrogen-bond donors (Lipinski definition) is 2. The molecule has 1 aliphatic carbocycles. The predicted octanol–water partition coefficient (Wildman–Crippen LogP) is -0.109. The summed E-state index contributed by atoms with van der Waals surface area (Å²) in [6.07, 6.45) is 1.97. The SMILES string of the molecule is COCCN(CC(=O)O)C(=O)NC1CC1. The molecule has 2 amide bonds. The highest BCUT2D eigenvalue weighted by atomic mass is 16.5. The van der Waals surface area contributed by atoms with Crippen LogP contribution < -0.4 is 5.32 Å². The third-order valence-electron chi connectivity index (χ3n) is 2.08. The molecule has 0 aromatic rings. The highest BCUT2D eigenvalue weighted by Gasteiger charge is 2.26. The summed E-state index contributed by atoms with van der Waals surface area (Å²) in [5, 5.41) is 11.4. The highest BCUT2D eigenvalue weighted by molar-refractivity contribution is 5.80. The summed E-state index contributed by atoms with van der Waals surface area (Å²) >= 11 is 0. The van der Waals surface area contributed by atoms with Gasteiger partial charge in [-0.3, -0.25) is 4.79 Å². The fourth-order valence-corrected chi connectivity index (χ4v) is 1.11. The minimum atomic E-state index is -1.02. The Hall–Kier alpha value is -1.30. The number of methoxy groups -OCH3 is 1. The van der Waals surface area contributed by atoms with E-state index in [2.05, 4.69) is 5.32 Å². The molecule has 0 heterocycles. The van der Waals surface area contributed by atoms with E-state index in [4.69, 9.17) is 9.84 Å². The van der Waals surface area contributed by atoms with Crippen LogP contribution in [0.15, 0.2) is 0 Å². The van der Waals surface area contributed by atoms with E-state index < -0.39 is 5.97 Å². The number of amides is 2. The molecule has 0 radical (unpaired) electrons. The van der Waals surface area contributed by atoms with Gasteiger partial charge in [0.15, 0.2) is 0 Å². The van der Waals surface area contributed by atoms with E-state index in [1.807, 2.05) is 0 Å². The van der Waals surface area contributed by atoms with E-state index >= 15 is 0 Å². The van der Waals surface area contributed by atoms with E-state index in [0.29, 0.717) is 13.2 Å². The largest absolute Gasteiger partial charge is 0.480 e. The summed E-state index contributed by atoms with van der Waals surface area (Å²) < 4.78 is 4.81. The van der Waals surface area contributed by atoms with E-state index in [-0.39, 0.29) is 18.6 Å². The lowest BCUT2D eigenvalue weighted by Gasteiger charge is -2.20. The molecule has 0 atom stereocenters. The van der Waals surface area contributed by atoms with Crippen molar-refractivity contribution < 1.29 is 19.4 Å². The number of carbonyl (C=O) groups excluding carboxylic acids is 1. The van der Waals surface area contributed by atoms with E-state index in [1.54, 1.807) is 0 Å². The van der Waals surface area contributed by atoms with Gasteiger partial charge in [0.2, 0.25) is 0 Å². The standard InChI is InChI=1S/C9H16N2O4/c1-15-5-4-11(6-8(12)13)9(14)10-7-2-3-7/h7H,2-6H2,1H3,(H,10,14)(H,12,13). The molecular formula is C9H16N2O4. The Bertz CT molecular complexity index is 240. The summed E-state index contributed by atoms with van der Waals surface area (Å²) in [5.41, 5.74) is 0. The molecule has 1 aliphatic rings. The maximum atomic E-state index is 11.5. The Morgan fingerprint density at radius 3 is 2.67 bits per heavy atom. The van der Waals surface area contributed by atoms with Crippen LogP contribution in [-0.4, -0.2) is 54.9 Å². The molecule has 0 aliphatic heterocycles. The normalized spacial score (nSPS) is 14.7. The van der Waals surface area contributed by atoms with Gasteiger partial charge in [-0.25, -0.2) is 4.79 Å². The third kappa shape index (κ3) is 4.64. The van der Waals surface area contributed by atoms with E-state index in [1.165, 1.54) is 12.0 Å². The molecule has 6 heteroatoms. The number of carbonyl (C=O) groups is 2. The summed E-state index contributed by atoms with van der Waals surface area (Å²) in [6, 6.07) is -0.0895. The van der Waals surface area contributed by atoms with Crippen LogP contribution in [-0.2, 0) is 9.53 Å². The molecule has 86 valence electrons. The van der Waals surface area contributed by atoms with Crippen molar-refractivity contribution in [3.63, 3.8) is 0 Å². The lowest BCUT2D eigenvalue weighted by Crippen LogP contribution is -2.45. The van der Waals surface area contributed by atoms with Gasteiger partial charge in [-0.05, 0) is 12.8 Å². The zero-order chi connectivity index (χ0) is 11.3. The Labute approximate surface area is 88.2 Å². The molecule has 15 heavy (non-hydrogen) atoms. The first-order valence-electron chi connectivity index (χ1n) is 4.89. The first-order valence-corrected chi connectivity index (χ1v) is 4.89. The Morgan fingerprint density at radius 1 is 1.53 bits per heavy atom. The average Bonchev–Trinajstić information content (AvgIpc) is 2.95. The van der Waals surface area contributed by atoms with E-state index in [0.717, 1.165) is 12.8 Å². The van der Waals surface area contributed by atoms with Gasteiger partial charge in [0.05, 0.1) is 6.61 Å². The molecule has 1 saturated carbocycles. The van der Waals surface area contributed by atoms with Gasteiger partial charge in [0.25, 0.3) is 0 Å². The van der Waals surface area contributed by atoms with Gasteiger partial charge < -0.3 is 20.1 Å². The minimum absolute atomic E-state index is 0.233. The topological polar surface area (TPSA) is 78.9 Å². The molecule has 1 fully saturated rings. The molecule has 0 unspecified atom stereocenters. The van der Waals surface area contributed by atoms with Crippen molar-refractivity contribution in [1.29, 1.82) is 0 Å². The number of nitrogens with one attached hydrogen (secondary N) is 1. The molecule has 2 N–H and O–H groups in total. The maximum Gasteiger partial charge on any atom is 0.323 e. The number of nitrogens with zero attached hydrogens (tertiary/aromatic N) is 1. The first kappa shape index (κ1) is 11.8. The summed E-state index contributed by atoms with van der Waals surface area (Å²) in [6.45, 7) is 0.342. The van der Waals surface area contributed by atoms with Crippen LogP contribution in [0.3, 0.4) is 0 Å². The minimum Gasteiger partial charge on any atom is -0.480 e. The summed E-state index contributed by atoms with van der Waals surface area (Å²) in [4.78, 5) is 23.3. The second kappa shape index (κ2) is 5.55. The smallest absolute Gasteiger partial charge is 0.323 e. The van der Waals surface area contributed by atoms with Crippen LogP contribution in [0.1, 0.15) is 12.8 Å². The summed E-state index contributed by atoms with van der Waals surface area (Å²) in [5.74, 6) is -1.02. The lowest BCUT2D eigenvalue weighted by molar-refractivity contribution is -0.137. The number of hydrogen-bond acceptors (Lipinski definition) is 3. The van der Waals surface area contributed by atoms with Crippen molar-refractivity contribution in [2.45, 2.75) is 18.9 Å². The van der Waals surface area contributed by atoms with Crippen molar-refractivity contribution in [3.05, 3.63) is 0 Å². The number of urea groups is 1. The fraction of sp³-hybridized carbons (Fsp3) is 0.778. The number of carboxylic acid groups (broad SMARTS) is 1. The predicted molar refractivity (Wildman–Crippen MR) is 52.6 cm³/mol. The highest BCUT2D eigenvalue weighted by Crippen LogP contribution is 2.18. The molecule has 0 spiro atoms. The van der Waals surface area contributed by atoms with Crippen LogP contribution in [0.25, 0.3) is 0 Å². The number of ether oxygens (including phenoxy) is 1. The first-order chi connectivity index (χ1) is 7.13. The van der Waals surface area contributed by atoms with Gasteiger partial charge >= 0.3 is 12.0 Å². The van der Waals surface area contributed by atoms with Crippen LogP contribution in [0.2, 0.25) is 0 Å². The van der Waals surface area contributed by atoms with Crippen LogP contribution in [0, 0.1) is 0 Å². The Balaban J connectivity index is 2.37. The number of rotatable bonds is 6. The van der Waals surface area contributed by atoms with Crippen LogP contribution in [0.4, 0.5) is 4.79 Å². The quantitative estimate of drug-likeness (QED) is 0.649. The van der Waals surface area contributed by atoms with Crippen molar-refractivity contribution in [3.8, 4) is 0 Å². The molecule has 0 aromatic heterocycles. The molecule has 0 bridgehead atoms. The zero-order valence-corrected chi connectivity index (χ0v) is 8.73. The van der Waals surface area contributed by atoms with Crippen molar-refractivity contribution in [1.82, 2.24) is 10.2 Å². The fourth-order valence-electron chi connectivity index (χ4n) is 1.11. The van der Waals surface area contributed by atoms with Gasteiger partial charge in [-0.15, -0.1) is 0 Å². The summed E-state index contributed by atoms with van der Waals surface area (Å²) in [7, 11) is 1.51. The maximum absolute atomic E-state index is 11.5. The van der Waals surface area contributed by atoms with Gasteiger partial charge in [0, 0.05) is 19.7 Å². The molecule has 1 rings (SSSR count). The van der Waals surface area contributed by atoms with Gasteiger partial charge in [-0.2, -0.15) is 0 Å². The molecule has 6 nitrogen and oxygen atoms in total. The third-order valence-corrected chi connectivity index (χ3v) is 2.08. The van der Waals surface area contributed by atoms with Gasteiger partial charge in [-0.1, -0.05) is 0 Å². The number of carboxylic acids is 1. The van der Waals surface area contributed by atoms with Crippen LogP contribution in [0.5, 0.6) is 0 Å². The average molecular weight is 216 g/mol. The number of aliphatic carboxylic acids is 1. The monoisotopic (exact) mass is 216 g/mol. The second-order valence-electron chi connectivity index (χ2n) is 3.53. The van der Waals surface area contributed by atoms with Gasteiger partial charge in [0.1, 0.15) is 6.54 Å². The second-order valence-corrected chi connectivity index (χ2v) is 3.53. The van der Waals surface area contributed by atoms with Crippen molar-refractivity contribution in [2.75, 3.05) is 26.8 Å². The lowest BCUT2D eigenvalue weighted by atomic mass is 10.5. The van der Waals surface area contributed by atoms with Crippen LogP contribution >= 0.6 is 0 Å². The van der Waals surface area contributed by atoms with Crippen molar-refractivity contribution >= 4 is 12.0 Å². The molecule has 0 aromatic carbocycles. The van der Waals surface area contributed by atoms with Crippen molar-refractivity contribution in [2.24, 2.45) is 0 Å². The molecule has 0 saturated heterocycles. The Morgan fingerprint density at radius 2 is 2.20 bits per heavy atom.